The lowest BCUT2D eigenvalue weighted by Crippen LogP contribution is -2.35. The van der Waals surface area contributed by atoms with Gasteiger partial charge >= 0.3 is 6.03 Å². The van der Waals surface area contributed by atoms with Crippen molar-refractivity contribution in [1.29, 1.82) is 0 Å². The van der Waals surface area contributed by atoms with E-state index < -0.39 is 0 Å². The van der Waals surface area contributed by atoms with Crippen LogP contribution in [0.5, 0.6) is 0 Å². The largest absolute Gasteiger partial charge is 0.321 e. The summed E-state index contributed by atoms with van der Waals surface area (Å²) in [6.45, 7) is 5.74. The van der Waals surface area contributed by atoms with E-state index in [0.29, 0.717) is 0 Å². The Morgan fingerprint density at radius 3 is 1.83 bits per heavy atom. The Morgan fingerprint density at radius 1 is 0.826 bits per heavy atom. The van der Waals surface area contributed by atoms with Crippen LogP contribution in [0, 0.1) is 0 Å². The summed E-state index contributed by atoms with van der Waals surface area (Å²) >= 11 is 3.46. The van der Waals surface area contributed by atoms with Crippen LogP contribution in [0.15, 0.2) is 59.1 Å². The molecule has 0 N–H and O–H groups in total. The maximum atomic E-state index is 12.8. The Labute approximate surface area is 146 Å². The quantitative estimate of drug-likeness (QED) is 0.739. The molecule has 0 unspecified atom stereocenters. The van der Waals surface area contributed by atoms with Gasteiger partial charge in [-0.3, -0.25) is 0 Å². The first kappa shape index (κ1) is 16.1. The third kappa shape index (κ3) is 3.27. The van der Waals surface area contributed by atoms with Gasteiger partial charge in [-0.25, -0.2) is 4.79 Å². The van der Waals surface area contributed by atoms with Crippen LogP contribution in [0.1, 0.15) is 37.1 Å². The van der Waals surface area contributed by atoms with Crippen LogP contribution >= 0.6 is 15.9 Å². The molecule has 0 aromatic heterocycles. The highest BCUT2D eigenvalue weighted by atomic mass is 79.9. The van der Waals surface area contributed by atoms with Gasteiger partial charge in [0.2, 0.25) is 0 Å². The summed E-state index contributed by atoms with van der Waals surface area (Å²) in [5.41, 5.74) is 2.34. The summed E-state index contributed by atoms with van der Waals surface area (Å²) in [5, 5.41) is 0. The molecule has 2 aromatic carbocycles. The molecule has 23 heavy (non-hydrogen) atoms. The minimum absolute atomic E-state index is 0.0866. The van der Waals surface area contributed by atoms with E-state index in [1.807, 2.05) is 40.1 Å². The zero-order valence-electron chi connectivity index (χ0n) is 13.4. The number of hydrogen-bond donors (Lipinski definition) is 0. The van der Waals surface area contributed by atoms with Crippen LogP contribution in [0.25, 0.3) is 0 Å². The molecule has 2 aromatic rings. The van der Waals surface area contributed by atoms with Gasteiger partial charge in [0, 0.05) is 17.6 Å². The lowest BCUT2D eigenvalue weighted by Gasteiger charge is -2.28. The maximum Gasteiger partial charge on any atom is 0.321 e. The lowest BCUT2D eigenvalue weighted by molar-refractivity contribution is 0.170. The van der Waals surface area contributed by atoms with Crippen molar-refractivity contribution in [3.63, 3.8) is 0 Å². The Balaban J connectivity index is 1.75. The fourth-order valence-electron chi connectivity index (χ4n) is 3.12. The smallest absolute Gasteiger partial charge is 0.316 e. The van der Waals surface area contributed by atoms with Crippen LogP contribution in [0.4, 0.5) is 4.79 Å². The molecule has 1 aliphatic rings. The van der Waals surface area contributed by atoms with Gasteiger partial charge in [0.25, 0.3) is 0 Å². The second-order valence-electron chi connectivity index (χ2n) is 5.98. The van der Waals surface area contributed by atoms with Crippen LogP contribution < -0.4 is 0 Å². The average molecular weight is 373 g/mol. The Morgan fingerprint density at radius 2 is 1.30 bits per heavy atom. The number of carbonyl (C=O) groups is 1. The fourth-order valence-corrected chi connectivity index (χ4v) is 3.39. The number of rotatable bonds is 4. The molecule has 0 saturated carbocycles. The van der Waals surface area contributed by atoms with Crippen LogP contribution in [0.2, 0.25) is 0 Å². The number of benzene rings is 2. The van der Waals surface area contributed by atoms with Crippen molar-refractivity contribution in [2.45, 2.75) is 25.9 Å². The van der Waals surface area contributed by atoms with Crippen molar-refractivity contribution in [2.75, 3.05) is 13.1 Å². The number of halogens is 1. The molecule has 2 atom stereocenters. The minimum atomic E-state index is 0.0866. The van der Waals surface area contributed by atoms with Crippen LogP contribution in [-0.2, 0) is 0 Å². The molecule has 3 rings (SSSR count). The molecule has 120 valence electrons. The minimum Gasteiger partial charge on any atom is -0.316 e. The molecule has 0 radical (unpaired) electrons. The predicted octanol–water partition coefficient (Wildman–Crippen LogP) is 5.01. The van der Waals surface area contributed by atoms with E-state index in [9.17, 15) is 4.79 Å². The molecule has 0 bridgehead atoms. The summed E-state index contributed by atoms with van der Waals surface area (Å²) in [6.07, 6.45) is 0. The van der Waals surface area contributed by atoms with E-state index in [1.165, 1.54) is 5.56 Å². The van der Waals surface area contributed by atoms with Gasteiger partial charge in [-0.1, -0.05) is 58.4 Å². The fraction of sp³-hybridized carbons (Fsp3) is 0.316. The van der Waals surface area contributed by atoms with Crippen LogP contribution in [-0.4, -0.2) is 28.9 Å². The molecular weight excluding hydrogens is 352 g/mol. The third-order valence-electron chi connectivity index (χ3n) is 4.64. The summed E-state index contributed by atoms with van der Waals surface area (Å²) in [5.74, 6) is 0. The zero-order chi connectivity index (χ0) is 16.4. The first-order valence-corrected chi connectivity index (χ1v) is 8.75. The summed E-state index contributed by atoms with van der Waals surface area (Å²) in [4.78, 5) is 16.8. The molecular formula is C19H21BrN2O. The predicted molar refractivity (Wildman–Crippen MR) is 96.2 cm³/mol. The number of carbonyl (C=O) groups excluding carboxylic acids is 1. The molecule has 3 nitrogen and oxygen atoms in total. The van der Waals surface area contributed by atoms with Crippen molar-refractivity contribution in [2.24, 2.45) is 0 Å². The third-order valence-corrected chi connectivity index (χ3v) is 5.17. The summed E-state index contributed by atoms with van der Waals surface area (Å²) in [7, 11) is 0. The molecule has 1 fully saturated rings. The average Bonchev–Trinajstić information content (AvgIpc) is 2.96. The molecule has 2 amide bonds. The Bertz CT molecular complexity index is 672. The van der Waals surface area contributed by atoms with E-state index in [1.54, 1.807) is 0 Å². The van der Waals surface area contributed by atoms with Gasteiger partial charge < -0.3 is 9.80 Å². The monoisotopic (exact) mass is 372 g/mol. The second-order valence-corrected chi connectivity index (χ2v) is 6.90. The molecule has 1 saturated heterocycles. The highest BCUT2D eigenvalue weighted by Gasteiger charge is 2.35. The molecule has 1 aliphatic heterocycles. The van der Waals surface area contributed by atoms with E-state index >= 15 is 0 Å². The lowest BCUT2D eigenvalue weighted by atomic mass is 10.1. The second kappa shape index (κ2) is 6.75. The van der Waals surface area contributed by atoms with E-state index in [4.69, 9.17) is 0 Å². The number of hydrogen-bond acceptors (Lipinski definition) is 1. The van der Waals surface area contributed by atoms with Crippen molar-refractivity contribution in [1.82, 2.24) is 9.80 Å². The number of nitrogens with zero attached hydrogens (tertiary/aromatic N) is 2. The molecule has 0 spiro atoms. The normalized spacial score (nSPS) is 17.4. The van der Waals surface area contributed by atoms with Crippen molar-refractivity contribution >= 4 is 22.0 Å². The van der Waals surface area contributed by atoms with Gasteiger partial charge in [0.05, 0.1) is 12.1 Å². The molecule has 4 heteroatoms. The van der Waals surface area contributed by atoms with Gasteiger partial charge in [-0.15, -0.1) is 0 Å². The maximum absolute atomic E-state index is 12.8. The highest BCUT2D eigenvalue weighted by molar-refractivity contribution is 9.10. The molecule has 1 heterocycles. The number of amides is 2. The van der Waals surface area contributed by atoms with E-state index in [0.717, 1.165) is 23.1 Å². The van der Waals surface area contributed by atoms with E-state index in [-0.39, 0.29) is 18.1 Å². The van der Waals surface area contributed by atoms with Crippen molar-refractivity contribution in [3.8, 4) is 0 Å². The highest BCUT2D eigenvalue weighted by Crippen LogP contribution is 2.30. The van der Waals surface area contributed by atoms with Crippen LogP contribution in [0.3, 0.4) is 0 Å². The standard InChI is InChI=1S/C19H21BrN2O/c1-14(16-6-4-3-5-7-16)21-12-13-22(19(21)23)15(2)17-8-10-18(20)11-9-17/h3-11,14-15H,12-13H2,1-2H3/t14-,15-/m0/s1. The van der Waals surface area contributed by atoms with Crippen molar-refractivity contribution in [3.05, 3.63) is 70.2 Å². The van der Waals surface area contributed by atoms with Gasteiger partial charge in [0.15, 0.2) is 0 Å². The van der Waals surface area contributed by atoms with Gasteiger partial charge in [-0.2, -0.15) is 0 Å². The summed E-state index contributed by atoms with van der Waals surface area (Å²) < 4.78 is 1.06. The van der Waals surface area contributed by atoms with Gasteiger partial charge in [0.1, 0.15) is 0 Å². The summed E-state index contributed by atoms with van der Waals surface area (Å²) in [6, 6.07) is 18.7. The first-order chi connectivity index (χ1) is 11.1. The van der Waals surface area contributed by atoms with Gasteiger partial charge in [-0.05, 0) is 37.1 Å². The van der Waals surface area contributed by atoms with E-state index in [2.05, 4.69) is 54.0 Å². The topological polar surface area (TPSA) is 23.6 Å². The Hall–Kier alpha value is -1.81. The SMILES string of the molecule is C[C@@H](c1ccccc1)N1CCN([C@@H](C)c2ccc(Br)cc2)C1=O. The first-order valence-electron chi connectivity index (χ1n) is 7.95. The Kier molecular flexibility index (Phi) is 4.71. The zero-order valence-corrected chi connectivity index (χ0v) is 15.0. The number of urea groups is 1. The van der Waals surface area contributed by atoms with Crippen molar-refractivity contribution < 1.29 is 4.79 Å². The molecule has 0 aliphatic carbocycles.